The van der Waals surface area contributed by atoms with Gasteiger partial charge in [0.25, 0.3) is 17.6 Å². The van der Waals surface area contributed by atoms with Crippen LogP contribution in [0.15, 0.2) is 60.8 Å². The van der Waals surface area contributed by atoms with Crippen molar-refractivity contribution in [2.45, 2.75) is 52.4 Å². The van der Waals surface area contributed by atoms with E-state index >= 15 is 0 Å². The SMILES string of the molecule is Cc1cc(Cl)cc(C(=O)NCc2ccc(C(C)(C)C)cc2)c1NC(=O)c1cc(Cn2nnc(C(F)(F)F)n2)nn1-c1ncccc1Cl. The average Bonchev–Trinajstić information content (AvgIpc) is 3.65. The second-order valence-electron chi connectivity index (χ2n) is 11.6. The number of carbonyl (C=O) groups excluding carboxylic acids is 2. The van der Waals surface area contributed by atoms with Crippen molar-refractivity contribution < 1.29 is 22.8 Å². The first-order valence-corrected chi connectivity index (χ1v) is 14.9. The van der Waals surface area contributed by atoms with Crippen LogP contribution in [0.25, 0.3) is 5.82 Å². The number of anilines is 1. The number of nitrogens with zero attached hydrogens (tertiary/aromatic N) is 7. The molecular formula is C31H28Cl2F3N9O2. The van der Waals surface area contributed by atoms with Crippen LogP contribution in [0.4, 0.5) is 18.9 Å². The number of aryl methyl sites for hydroxylation is 1. The lowest BCUT2D eigenvalue weighted by Crippen LogP contribution is -2.26. The molecule has 0 aliphatic carbocycles. The first-order valence-electron chi connectivity index (χ1n) is 14.1. The van der Waals surface area contributed by atoms with Gasteiger partial charge in [-0.15, -0.1) is 10.2 Å². The molecule has 0 bridgehead atoms. The van der Waals surface area contributed by atoms with Gasteiger partial charge >= 0.3 is 6.18 Å². The molecule has 3 aromatic heterocycles. The smallest absolute Gasteiger partial charge is 0.348 e. The number of aromatic nitrogens is 7. The average molecular weight is 687 g/mol. The van der Waals surface area contributed by atoms with Crippen molar-refractivity contribution in [1.29, 1.82) is 0 Å². The second-order valence-corrected chi connectivity index (χ2v) is 12.5. The van der Waals surface area contributed by atoms with Crippen LogP contribution in [-0.2, 0) is 24.7 Å². The normalized spacial score (nSPS) is 11.9. The maximum atomic E-state index is 13.8. The molecule has 2 N–H and O–H groups in total. The van der Waals surface area contributed by atoms with Crippen LogP contribution in [0.5, 0.6) is 0 Å². The summed E-state index contributed by atoms with van der Waals surface area (Å²) in [6.45, 7) is 7.88. The van der Waals surface area contributed by atoms with Gasteiger partial charge in [0.2, 0.25) is 0 Å². The molecule has 47 heavy (non-hydrogen) atoms. The molecule has 0 saturated carbocycles. The fraction of sp³-hybridized carbons (Fsp3) is 0.258. The van der Waals surface area contributed by atoms with E-state index in [0.717, 1.165) is 15.8 Å². The summed E-state index contributed by atoms with van der Waals surface area (Å²) in [5.74, 6) is -2.54. The third-order valence-electron chi connectivity index (χ3n) is 7.00. The molecule has 0 aliphatic rings. The van der Waals surface area contributed by atoms with Crippen LogP contribution in [0, 0.1) is 6.92 Å². The zero-order valence-electron chi connectivity index (χ0n) is 25.5. The fourth-order valence-corrected chi connectivity index (χ4v) is 5.07. The topological polar surface area (TPSA) is 133 Å². The largest absolute Gasteiger partial charge is 0.455 e. The summed E-state index contributed by atoms with van der Waals surface area (Å²) < 4.78 is 40.2. The zero-order chi connectivity index (χ0) is 34.1. The number of hydrogen-bond acceptors (Lipinski definition) is 7. The molecule has 0 atom stereocenters. The highest BCUT2D eigenvalue weighted by Gasteiger charge is 2.37. The van der Waals surface area contributed by atoms with Gasteiger partial charge in [0.15, 0.2) is 5.82 Å². The van der Waals surface area contributed by atoms with Crippen LogP contribution in [-0.4, -0.2) is 46.8 Å². The van der Waals surface area contributed by atoms with Crippen LogP contribution < -0.4 is 10.6 Å². The van der Waals surface area contributed by atoms with E-state index in [9.17, 15) is 22.8 Å². The molecule has 0 saturated heterocycles. The Morgan fingerprint density at radius 3 is 2.32 bits per heavy atom. The molecule has 16 heteroatoms. The Balaban J connectivity index is 1.43. The Morgan fingerprint density at radius 1 is 0.957 bits per heavy atom. The number of nitrogens with one attached hydrogen (secondary N) is 2. The highest BCUT2D eigenvalue weighted by atomic mass is 35.5. The summed E-state index contributed by atoms with van der Waals surface area (Å²) >= 11 is 12.7. The van der Waals surface area contributed by atoms with E-state index < -0.39 is 23.8 Å². The lowest BCUT2D eigenvalue weighted by molar-refractivity contribution is -0.145. The number of hydrogen-bond donors (Lipinski definition) is 2. The summed E-state index contributed by atoms with van der Waals surface area (Å²) in [5.41, 5.74) is 2.83. The van der Waals surface area contributed by atoms with Crippen LogP contribution in [0.1, 0.15) is 69.8 Å². The molecule has 2 aromatic carbocycles. The van der Waals surface area contributed by atoms with Crippen molar-refractivity contribution >= 4 is 40.7 Å². The van der Waals surface area contributed by atoms with Crippen molar-refractivity contribution in [1.82, 2.24) is 40.3 Å². The minimum absolute atomic E-state index is 0.0187. The summed E-state index contributed by atoms with van der Waals surface area (Å²) in [4.78, 5) is 32.2. The van der Waals surface area contributed by atoms with Crippen LogP contribution in [0.3, 0.4) is 0 Å². The van der Waals surface area contributed by atoms with E-state index in [4.69, 9.17) is 23.2 Å². The number of amides is 2. The van der Waals surface area contributed by atoms with Gasteiger partial charge in [-0.05, 0) is 64.6 Å². The summed E-state index contributed by atoms with van der Waals surface area (Å²) in [6.07, 6.45) is -3.36. The number of carbonyl (C=O) groups is 2. The predicted octanol–water partition coefficient (Wildman–Crippen LogP) is 6.42. The number of halogens is 5. The quantitative estimate of drug-likeness (QED) is 0.193. The van der Waals surface area contributed by atoms with E-state index in [-0.39, 0.29) is 57.0 Å². The Bertz CT molecular complexity index is 1950. The highest BCUT2D eigenvalue weighted by Crippen LogP contribution is 2.29. The van der Waals surface area contributed by atoms with Crippen molar-refractivity contribution in [3.8, 4) is 5.82 Å². The summed E-state index contributed by atoms with van der Waals surface area (Å²) in [6, 6.07) is 15.4. The van der Waals surface area contributed by atoms with Gasteiger partial charge in [0.05, 0.1) is 22.0 Å². The molecule has 0 unspecified atom stereocenters. The number of rotatable bonds is 8. The molecule has 5 rings (SSSR count). The van der Waals surface area contributed by atoms with Crippen molar-refractivity contribution in [3.63, 3.8) is 0 Å². The van der Waals surface area contributed by atoms with Gasteiger partial charge in [0.1, 0.15) is 12.2 Å². The van der Waals surface area contributed by atoms with Crippen LogP contribution in [0.2, 0.25) is 10.0 Å². The Hall–Kier alpha value is -4.82. The third kappa shape index (κ3) is 7.77. The molecule has 0 fully saturated rings. The number of benzene rings is 2. The summed E-state index contributed by atoms with van der Waals surface area (Å²) in [7, 11) is 0. The lowest BCUT2D eigenvalue weighted by Gasteiger charge is -2.19. The number of alkyl halides is 3. The predicted molar refractivity (Wildman–Crippen MR) is 169 cm³/mol. The minimum Gasteiger partial charge on any atom is -0.348 e. The van der Waals surface area contributed by atoms with Gasteiger partial charge in [-0.2, -0.15) is 23.1 Å². The second kappa shape index (κ2) is 13.1. The Labute approximate surface area is 277 Å². The molecule has 11 nitrogen and oxygen atoms in total. The number of pyridine rings is 1. The Morgan fingerprint density at radius 2 is 1.68 bits per heavy atom. The molecule has 0 aliphatic heterocycles. The molecule has 2 amide bonds. The monoisotopic (exact) mass is 685 g/mol. The van der Waals surface area contributed by atoms with Crippen molar-refractivity contribution in [2.75, 3.05) is 5.32 Å². The first-order chi connectivity index (χ1) is 22.1. The first kappa shape index (κ1) is 33.5. The van der Waals surface area contributed by atoms with Gasteiger partial charge in [-0.25, -0.2) is 9.67 Å². The van der Waals surface area contributed by atoms with Gasteiger partial charge in [-0.3, -0.25) is 9.59 Å². The molecule has 3 heterocycles. The molecule has 0 radical (unpaired) electrons. The summed E-state index contributed by atoms with van der Waals surface area (Å²) in [5, 5.41) is 20.2. The molecule has 5 aromatic rings. The zero-order valence-corrected chi connectivity index (χ0v) is 27.0. The van der Waals surface area contributed by atoms with E-state index in [2.05, 4.69) is 56.9 Å². The fourth-order valence-electron chi connectivity index (χ4n) is 4.60. The third-order valence-corrected chi connectivity index (χ3v) is 7.51. The van der Waals surface area contributed by atoms with E-state index in [0.29, 0.717) is 10.4 Å². The standard InChI is InChI=1S/C31H28Cl2F3N9O2/c1-17-12-20(32)13-22(27(46)38-15-18-7-9-19(10-8-18)30(2,3)4)25(17)39-28(47)24-14-21(16-44-42-29(40-43-44)31(34,35)36)41-45(24)26-23(33)6-5-11-37-26/h5-14H,15-16H2,1-4H3,(H,38,46)(H,39,47). The maximum absolute atomic E-state index is 13.8. The van der Waals surface area contributed by atoms with Gasteiger partial charge in [0, 0.05) is 17.8 Å². The van der Waals surface area contributed by atoms with E-state index in [1.807, 2.05) is 24.3 Å². The van der Waals surface area contributed by atoms with Crippen LogP contribution >= 0.6 is 23.2 Å². The minimum atomic E-state index is -4.79. The van der Waals surface area contributed by atoms with Crippen molar-refractivity contribution in [3.05, 3.63) is 110 Å². The maximum Gasteiger partial charge on any atom is 0.455 e. The molecule has 244 valence electrons. The van der Waals surface area contributed by atoms with E-state index in [1.54, 1.807) is 19.1 Å². The highest BCUT2D eigenvalue weighted by molar-refractivity contribution is 6.32. The van der Waals surface area contributed by atoms with E-state index in [1.165, 1.54) is 24.4 Å². The van der Waals surface area contributed by atoms with Crippen molar-refractivity contribution in [2.24, 2.45) is 0 Å². The van der Waals surface area contributed by atoms with Gasteiger partial charge < -0.3 is 10.6 Å². The molecular weight excluding hydrogens is 658 g/mol. The molecule has 0 spiro atoms. The van der Waals surface area contributed by atoms with Gasteiger partial charge in [-0.1, -0.05) is 68.2 Å². The Kier molecular flexibility index (Phi) is 9.36. The lowest BCUT2D eigenvalue weighted by atomic mass is 9.87. The number of tetrazole rings is 1.